The van der Waals surface area contributed by atoms with Gasteiger partial charge in [-0.1, -0.05) is 6.07 Å². The van der Waals surface area contributed by atoms with Crippen LogP contribution in [0.1, 0.15) is 37.4 Å². The highest BCUT2D eigenvalue weighted by atomic mass is 19.4. The summed E-state index contributed by atoms with van der Waals surface area (Å²) in [5, 5.41) is 4.43. The third-order valence-corrected chi connectivity index (χ3v) is 6.11. The molecule has 0 saturated heterocycles. The number of carbonyl (C=O) groups is 2. The van der Waals surface area contributed by atoms with Crippen molar-refractivity contribution >= 4 is 23.2 Å². The molecule has 6 nitrogen and oxygen atoms in total. The number of anilines is 2. The first-order valence-corrected chi connectivity index (χ1v) is 12.1. The van der Waals surface area contributed by atoms with Crippen molar-refractivity contribution in [3.05, 3.63) is 82.4 Å². The minimum absolute atomic E-state index is 0.0166. The number of nitrogens with one attached hydrogen (secondary N) is 2. The van der Waals surface area contributed by atoms with Gasteiger partial charge < -0.3 is 20.1 Å². The Labute approximate surface area is 244 Å². The first-order valence-electron chi connectivity index (χ1n) is 12.1. The Balaban J connectivity index is 1.94. The van der Waals surface area contributed by atoms with Crippen LogP contribution in [0.15, 0.2) is 54.6 Å². The van der Waals surface area contributed by atoms with E-state index in [4.69, 9.17) is 0 Å². The summed E-state index contributed by atoms with van der Waals surface area (Å²) >= 11 is 0. The molecule has 45 heavy (non-hydrogen) atoms. The SMILES string of the molecule is Cc1cc(C(F)(C(F)(F)F)C(F)(F)F)cc(OC(F)F)c1NC(=O)c1cccc(NC(=O)c2ccc(OC(F)(F)F)cc2)c1C. The summed E-state index contributed by atoms with van der Waals surface area (Å²) in [5.41, 5.74) is -10.1. The van der Waals surface area contributed by atoms with Crippen molar-refractivity contribution in [1.82, 2.24) is 0 Å². The molecular formula is C27H18F12N2O4. The number of amides is 2. The lowest BCUT2D eigenvalue weighted by molar-refractivity contribution is -0.348. The Hall–Kier alpha value is -4.64. The minimum Gasteiger partial charge on any atom is -0.433 e. The molecule has 0 aliphatic carbocycles. The zero-order chi connectivity index (χ0) is 34.1. The molecule has 0 fully saturated rings. The average Bonchev–Trinajstić information content (AvgIpc) is 2.88. The molecule has 0 atom stereocenters. The molecule has 3 aromatic rings. The van der Waals surface area contributed by atoms with Crippen molar-refractivity contribution in [2.45, 2.75) is 44.8 Å². The second-order valence-electron chi connectivity index (χ2n) is 9.16. The van der Waals surface area contributed by atoms with Gasteiger partial charge in [-0.15, -0.1) is 13.2 Å². The third kappa shape index (κ3) is 7.72. The van der Waals surface area contributed by atoms with Gasteiger partial charge in [-0.3, -0.25) is 9.59 Å². The van der Waals surface area contributed by atoms with E-state index in [0.717, 1.165) is 37.3 Å². The van der Waals surface area contributed by atoms with Crippen LogP contribution in [0.25, 0.3) is 0 Å². The van der Waals surface area contributed by atoms with E-state index < -0.39 is 71.1 Å². The van der Waals surface area contributed by atoms with Gasteiger partial charge in [-0.25, -0.2) is 4.39 Å². The van der Waals surface area contributed by atoms with Gasteiger partial charge in [0, 0.05) is 22.4 Å². The maximum absolute atomic E-state index is 14.6. The Morgan fingerprint density at radius 1 is 0.756 bits per heavy atom. The summed E-state index contributed by atoms with van der Waals surface area (Å²) in [4.78, 5) is 25.7. The normalized spacial score (nSPS) is 12.6. The highest BCUT2D eigenvalue weighted by Crippen LogP contribution is 2.54. The van der Waals surface area contributed by atoms with Crippen LogP contribution in [0.3, 0.4) is 0 Å². The topological polar surface area (TPSA) is 76.7 Å². The maximum Gasteiger partial charge on any atom is 0.573 e. The molecule has 244 valence electrons. The molecule has 0 radical (unpaired) electrons. The van der Waals surface area contributed by atoms with E-state index in [1.807, 2.05) is 5.32 Å². The van der Waals surface area contributed by atoms with E-state index >= 15 is 0 Å². The first kappa shape index (κ1) is 34.8. The van der Waals surface area contributed by atoms with Gasteiger partial charge in [-0.05, 0) is 73.5 Å². The van der Waals surface area contributed by atoms with Crippen LogP contribution in [-0.4, -0.2) is 37.1 Å². The molecule has 0 aromatic heterocycles. The van der Waals surface area contributed by atoms with Gasteiger partial charge >= 0.3 is 31.0 Å². The first-order chi connectivity index (χ1) is 20.5. The molecule has 0 aliphatic heterocycles. The monoisotopic (exact) mass is 662 g/mol. The number of ether oxygens (including phenoxy) is 2. The van der Waals surface area contributed by atoms with E-state index in [1.165, 1.54) is 19.1 Å². The standard InChI is InChI=1S/C27H18F12N2O4/c1-12-10-15(24(30,25(31,32)33)26(34,35)36)11-19(44-23(28)29)20(12)41-22(43)17-4-3-5-18(13(17)2)40-21(42)14-6-8-16(9-7-14)45-27(37,38)39/h3-11,23H,1-2H3,(H,40,42)(H,41,43). The average molecular weight is 662 g/mol. The summed E-state index contributed by atoms with van der Waals surface area (Å²) in [6.45, 7) is -1.73. The number of halogens is 12. The molecule has 3 aromatic carbocycles. The van der Waals surface area contributed by atoms with Crippen molar-refractivity contribution in [1.29, 1.82) is 0 Å². The van der Waals surface area contributed by atoms with E-state index in [0.29, 0.717) is 0 Å². The summed E-state index contributed by atoms with van der Waals surface area (Å²) in [5.74, 6) is -4.03. The van der Waals surface area contributed by atoms with Crippen LogP contribution in [0.4, 0.5) is 64.1 Å². The Kier molecular flexibility index (Phi) is 9.60. The molecule has 0 saturated carbocycles. The molecule has 18 heteroatoms. The van der Waals surface area contributed by atoms with E-state index in [-0.39, 0.29) is 34.5 Å². The van der Waals surface area contributed by atoms with Gasteiger partial charge in [0.2, 0.25) is 0 Å². The Bertz CT molecular complexity index is 1550. The van der Waals surface area contributed by atoms with Crippen LogP contribution >= 0.6 is 0 Å². The van der Waals surface area contributed by atoms with Crippen molar-refractivity contribution in [3.8, 4) is 11.5 Å². The lowest BCUT2D eigenvalue weighted by Crippen LogP contribution is -2.50. The maximum atomic E-state index is 14.6. The van der Waals surface area contributed by atoms with Gasteiger partial charge in [0.15, 0.2) is 0 Å². The smallest absolute Gasteiger partial charge is 0.433 e. The molecule has 0 spiro atoms. The summed E-state index contributed by atoms with van der Waals surface area (Å²) in [6, 6.07) is 7.21. The van der Waals surface area contributed by atoms with Gasteiger partial charge in [0.25, 0.3) is 11.8 Å². The zero-order valence-corrected chi connectivity index (χ0v) is 22.4. The van der Waals surface area contributed by atoms with E-state index in [9.17, 15) is 62.3 Å². The quantitative estimate of drug-likeness (QED) is 0.237. The minimum atomic E-state index is -6.56. The number of alkyl halides is 12. The fourth-order valence-corrected chi connectivity index (χ4v) is 3.99. The Morgan fingerprint density at radius 2 is 1.33 bits per heavy atom. The van der Waals surface area contributed by atoms with Crippen LogP contribution in [0.2, 0.25) is 0 Å². The lowest BCUT2D eigenvalue weighted by atomic mass is 9.91. The second-order valence-corrected chi connectivity index (χ2v) is 9.16. The largest absolute Gasteiger partial charge is 0.573 e. The van der Waals surface area contributed by atoms with Crippen LogP contribution in [0, 0.1) is 13.8 Å². The van der Waals surface area contributed by atoms with Crippen molar-refractivity contribution in [3.63, 3.8) is 0 Å². The number of hydrogen-bond donors (Lipinski definition) is 2. The predicted molar refractivity (Wildman–Crippen MR) is 133 cm³/mol. The lowest BCUT2D eigenvalue weighted by Gasteiger charge is -2.31. The van der Waals surface area contributed by atoms with Crippen LogP contribution in [0.5, 0.6) is 11.5 Å². The molecule has 0 unspecified atom stereocenters. The fraction of sp³-hybridized carbons (Fsp3) is 0.259. The third-order valence-electron chi connectivity index (χ3n) is 6.11. The zero-order valence-electron chi connectivity index (χ0n) is 22.4. The van der Waals surface area contributed by atoms with E-state index in [2.05, 4.69) is 14.8 Å². The molecule has 0 bridgehead atoms. The molecule has 0 aliphatic rings. The number of carbonyl (C=O) groups excluding carboxylic acids is 2. The van der Waals surface area contributed by atoms with Gasteiger partial charge in [0.1, 0.15) is 11.5 Å². The number of benzene rings is 3. The number of aryl methyl sites for hydroxylation is 1. The Morgan fingerprint density at radius 3 is 1.84 bits per heavy atom. The molecule has 3 rings (SSSR count). The number of hydrogen-bond acceptors (Lipinski definition) is 4. The summed E-state index contributed by atoms with van der Waals surface area (Å²) in [7, 11) is 0. The van der Waals surface area contributed by atoms with E-state index in [1.54, 1.807) is 0 Å². The molecule has 0 heterocycles. The summed E-state index contributed by atoms with van der Waals surface area (Å²) in [6.07, 6.45) is -18.1. The molecule has 2 amide bonds. The highest BCUT2D eigenvalue weighted by Gasteiger charge is 2.73. The van der Waals surface area contributed by atoms with Crippen molar-refractivity contribution in [2.24, 2.45) is 0 Å². The summed E-state index contributed by atoms with van der Waals surface area (Å²) < 4.78 is 165. The number of rotatable bonds is 8. The fourth-order valence-electron chi connectivity index (χ4n) is 3.99. The van der Waals surface area contributed by atoms with Gasteiger partial charge in [-0.2, -0.15) is 35.1 Å². The predicted octanol–water partition coefficient (Wildman–Crippen LogP) is 8.60. The van der Waals surface area contributed by atoms with Crippen molar-refractivity contribution < 1.29 is 71.7 Å². The second kappa shape index (κ2) is 12.4. The molecular weight excluding hydrogens is 644 g/mol. The molecule has 2 N–H and O–H groups in total. The van der Waals surface area contributed by atoms with Crippen molar-refractivity contribution in [2.75, 3.05) is 10.6 Å². The highest BCUT2D eigenvalue weighted by molar-refractivity contribution is 6.09. The van der Waals surface area contributed by atoms with Gasteiger partial charge in [0.05, 0.1) is 5.69 Å². The van der Waals surface area contributed by atoms with Crippen LogP contribution < -0.4 is 20.1 Å². The van der Waals surface area contributed by atoms with Crippen LogP contribution in [-0.2, 0) is 5.67 Å².